The summed E-state index contributed by atoms with van der Waals surface area (Å²) >= 11 is 6.13. The molecule has 2 aromatic heterocycles. The summed E-state index contributed by atoms with van der Waals surface area (Å²) in [6, 6.07) is 7.98. The maximum absolute atomic E-state index is 6.13. The highest BCUT2D eigenvalue weighted by molar-refractivity contribution is 6.30. The first-order valence-electron chi connectivity index (χ1n) is 9.16. The summed E-state index contributed by atoms with van der Waals surface area (Å²) < 4.78 is 7.23. The number of anilines is 1. The predicted molar refractivity (Wildman–Crippen MR) is 107 cm³/mol. The number of aryl methyl sites for hydroxylation is 1. The van der Waals surface area contributed by atoms with Crippen LogP contribution in [0.3, 0.4) is 0 Å². The number of hydrogen-bond donors (Lipinski definition) is 1. The SMILES string of the molecule is Cc1nc(NCC(C)N2CCOCC2)c2cnn(-c3cccc(Cl)c3)c2n1. The van der Waals surface area contributed by atoms with Gasteiger partial charge in [-0.05, 0) is 32.0 Å². The van der Waals surface area contributed by atoms with Crippen molar-refractivity contribution in [1.82, 2.24) is 24.6 Å². The van der Waals surface area contributed by atoms with E-state index in [1.54, 1.807) is 10.9 Å². The smallest absolute Gasteiger partial charge is 0.168 e. The van der Waals surface area contributed by atoms with E-state index in [1.807, 2.05) is 31.2 Å². The summed E-state index contributed by atoms with van der Waals surface area (Å²) in [6.45, 7) is 8.45. The monoisotopic (exact) mass is 386 g/mol. The number of aromatic nitrogens is 4. The van der Waals surface area contributed by atoms with Gasteiger partial charge in [-0.2, -0.15) is 5.10 Å². The molecule has 3 aromatic rings. The van der Waals surface area contributed by atoms with Crippen molar-refractivity contribution in [2.75, 3.05) is 38.2 Å². The lowest BCUT2D eigenvalue weighted by atomic mass is 10.2. The number of benzene rings is 1. The highest BCUT2D eigenvalue weighted by Gasteiger charge is 2.18. The number of nitrogens with one attached hydrogen (secondary N) is 1. The molecule has 0 amide bonds. The zero-order valence-electron chi connectivity index (χ0n) is 15.5. The van der Waals surface area contributed by atoms with Crippen molar-refractivity contribution in [3.05, 3.63) is 41.3 Å². The zero-order chi connectivity index (χ0) is 18.8. The fourth-order valence-corrected chi connectivity index (χ4v) is 3.52. The molecule has 0 bridgehead atoms. The minimum absolute atomic E-state index is 0.391. The lowest BCUT2D eigenvalue weighted by Crippen LogP contribution is -2.45. The van der Waals surface area contributed by atoms with Gasteiger partial charge in [-0.15, -0.1) is 0 Å². The van der Waals surface area contributed by atoms with Crippen molar-refractivity contribution >= 4 is 28.5 Å². The summed E-state index contributed by atoms with van der Waals surface area (Å²) in [5, 5.41) is 9.57. The molecule has 0 saturated carbocycles. The van der Waals surface area contributed by atoms with Crippen LogP contribution >= 0.6 is 11.6 Å². The van der Waals surface area contributed by atoms with Crippen molar-refractivity contribution in [3.8, 4) is 5.69 Å². The Morgan fingerprint density at radius 2 is 2.07 bits per heavy atom. The second-order valence-electron chi connectivity index (χ2n) is 6.77. The molecule has 0 aliphatic carbocycles. The second-order valence-corrected chi connectivity index (χ2v) is 7.21. The Kier molecular flexibility index (Phi) is 5.24. The highest BCUT2D eigenvalue weighted by atomic mass is 35.5. The van der Waals surface area contributed by atoms with Crippen molar-refractivity contribution in [2.45, 2.75) is 19.9 Å². The molecule has 1 aliphatic rings. The fraction of sp³-hybridized carbons (Fsp3) is 0.421. The van der Waals surface area contributed by atoms with Gasteiger partial charge in [0.1, 0.15) is 11.6 Å². The van der Waals surface area contributed by atoms with Crippen molar-refractivity contribution in [3.63, 3.8) is 0 Å². The van der Waals surface area contributed by atoms with E-state index >= 15 is 0 Å². The molecule has 1 aliphatic heterocycles. The fourth-order valence-electron chi connectivity index (χ4n) is 3.34. The van der Waals surface area contributed by atoms with E-state index in [9.17, 15) is 0 Å². The van der Waals surface area contributed by atoms with Crippen LogP contribution in [0.4, 0.5) is 5.82 Å². The molecule has 1 atom stereocenters. The van der Waals surface area contributed by atoms with E-state index in [0.717, 1.165) is 55.4 Å². The van der Waals surface area contributed by atoms with Gasteiger partial charge in [0.05, 0.1) is 30.5 Å². The van der Waals surface area contributed by atoms with Crippen molar-refractivity contribution in [1.29, 1.82) is 0 Å². The summed E-state index contributed by atoms with van der Waals surface area (Å²) in [5.74, 6) is 1.51. The number of hydrogen-bond acceptors (Lipinski definition) is 6. The van der Waals surface area contributed by atoms with Crippen LogP contribution in [-0.2, 0) is 4.74 Å². The van der Waals surface area contributed by atoms with Crippen LogP contribution < -0.4 is 5.32 Å². The maximum atomic E-state index is 6.13. The molecule has 1 unspecified atom stereocenters. The first-order valence-corrected chi connectivity index (χ1v) is 9.53. The molecule has 1 N–H and O–H groups in total. The average Bonchev–Trinajstić information content (AvgIpc) is 3.10. The first kappa shape index (κ1) is 18.2. The second kappa shape index (κ2) is 7.80. The normalized spacial score (nSPS) is 16.6. The van der Waals surface area contributed by atoms with Crippen LogP contribution in [0, 0.1) is 6.92 Å². The minimum Gasteiger partial charge on any atom is -0.379 e. The van der Waals surface area contributed by atoms with Gasteiger partial charge < -0.3 is 10.1 Å². The quantitative estimate of drug-likeness (QED) is 0.727. The van der Waals surface area contributed by atoms with Crippen LogP contribution in [0.5, 0.6) is 0 Å². The third-order valence-electron chi connectivity index (χ3n) is 4.83. The van der Waals surface area contributed by atoms with E-state index in [1.165, 1.54) is 0 Å². The molecule has 4 rings (SSSR count). The van der Waals surface area contributed by atoms with E-state index < -0.39 is 0 Å². The van der Waals surface area contributed by atoms with Gasteiger partial charge in [0.2, 0.25) is 0 Å². The van der Waals surface area contributed by atoms with E-state index in [4.69, 9.17) is 16.3 Å². The molecule has 27 heavy (non-hydrogen) atoms. The van der Waals surface area contributed by atoms with Gasteiger partial charge in [-0.1, -0.05) is 17.7 Å². The zero-order valence-corrected chi connectivity index (χ0v) is 16.3. The third-order valence-corrected chi connectivity index (χ3v) is 5.06. The van der Waals surface area contributed by atoms with Gasteiger partial charge in [-0.3, -0.25) is 4.90 Å². The summed E-state index contributed by atoms with van der Waals surface area (Å²) in [6.07, 6.45) is 1.80. The number of fused-ring (bicyclic) bond motifs is 1. The molecule has 3 heterocycles. The molecule has 1 fully saturated rings. The van der Waals surface area contributed by atoms with Gasteiger partial charge in [0.15, 0.2) is 5.65 Å². The van der Waals surface area contributed by atoms with E-state index in [-0.39, 0.29) is 0 Å². The van der Waals surface area contributed by atoms with Crippen LogP contribution in [0.25, 0.3) is 16.7 Å². The number of nitrogens with zero attached hydrogens (tertiary/aromatic N) is 5. The molecule has 0 radical (unpaired) electrons. The average molecular weight is 387 g/mol. The minimum atomic E-state index is 0.391. The van der Waals surface area contributed by atoms with Crippen LogP contribution in [-0.4, -0.2) is 63.5 Å². The van der Waals surface area contributed by atoms with Gasteiger partial charge in [0.25, 0.3) is 0 Å². The van der Waals surface area contributed by atoms with Gasteiger partial charge in [-0.25, -0.2) is 14.6 Å². The first-order chi connectivity index (χ1) is 13.1. The Morgan fingerprint density at radius 3 is 2.85 bits per heavy atom. The molecular formula is C19H23ClN6O. The Labute approximate surface area is 163 Å². The molecule has 142 valence electrons. The largest absolute Gasteiger partial charge is 0.379 e. The molecule has 1 aromatic carbocycles. The Balaban J connectivity index is 1.60. The Morgan fingerprint density at radius 1 is 1.26 bits per heavy atom. The molecular weight excluding hydrogens is 364 g/mol. The standard InChI is InChI=1S/C19H23ClN6O/c1-13(25-6-8-27-9-7-25)11-21-18-17-12-22-26(19(17)24-14(2)23-18)16-5-3-4-15(20)10-16/h3-5,10,12-13H,6-9,11H2,1-2H3,(H,21,23,24). The molecule has 7 nitrogen and oxygen atoms in total. The van der Waals surface area contributed by atoms with E-state index in [2.05, 4.69) is 32.2 Å². The van der Waals surface area contributed by atoms with Crippen LogP contribution in [0.1, 0.15) is 12.7 Å². The van der Waals surface area contributed by atoms with Crippen LogP contribution in [0.2, 0.25) is 5.02 Å². The van der Waals surface area contributed by atoms with Crippen molar-refractivity contribution in [2.24, 2.45) is 0 Å². The number of morpholine rings is 1. The predicted octanol–water partition coefficient (Wildman–Crippen LogP) is 2.91. The van der Waals surface area contributed by atoms with Crippen LogP contribution in [0.15, 0.2) is 30.5 Å². The lowest BCUT2D eigenvalue weighted by Gasteiger charge is -2.32. The van der Waals surface area contributed by atoms with Gasteiger partial charge >= 0.3 is 0 Å². The summed E-state index contributed by atoms with van der Waals surface area (Å²) in [5.41, 5.74) is 1.65. The van der Waals surface area contributed by atoms with Gasteiger partial charge in [0, 0.05) is 30.7 Å². The molecule has 8 heteroatoms. The maximum Gasteiger partial charge on any atom is 0.168 e. The summed E-state index contributed by atoms with van der Waals surface area (Å²) in [4.78, 5) is 11.6. The Hall–Kier alpha value is -2.22. The Bertz CT molecular complexity index is 937. The number of ether oxygens (including phenoxy) is 1. The molecule has 1 saturated heterocycles. The molecule has 0 spiro atoms. The number of rotatable bonds is 5. The van der Waals surface area contributed by atoms with Crippen molar-refractivity contribution < 1.29 is 4.74 Å². The van der Waals surface area contributed by atoms with E-state index in [0.29, 0.717) is 16.9 Å². The third kappa shape index (κ3) is 3.90. The number of halogens is 1. The highest BCUT2D eigenvalue weighted by Crippen LogP contribution is 2.24. The lowest BCUT2D eigenvalue weighted by molar-refractivity contribution is 0.0227. The topological polar surface area (TPSA) is 68.1 Å². The summed E-state index contributed by atoms with van der Waals surface area (Å²) in [7, 11) is 0.